The Morgan fingerprint density at radius 1 is 1.17 bits per heavy atom. The van der Waals surface area contributed by atoms with Gasteiger partial charge in [-0.25, -0.2) is 9.97 Å². The fourth-order valence-corrected chi connectivity index (χ4v) is 4.35. The van der Waals surface area contributed by atoms with Crippen molar-refractivity contribution in [3.8, 4) is 0 Å². The van der Waals surface area contributed by atoms with Crippen LogP contribution in [0.2, 0.25) is 5.15 Å². The number of likely N-dealkylation sites (N-methyl/N-ethyl adjacent to an activating group) is 1. The highest BCUT2D eigenvalue weighted by Crippen LogP contribution is 2.22. The minimum absolute atomic E-state index is 0.00124. The third kappa shape index (κ3) is 7.57. The van der Waals surface area contributed by atoms with Gasteiger partial charge in [-0.05, 0) is 19.5 Å². The molecule has 0 atom stereocenters. The van der Waals surface area contributed by atoms with Gasteiger partial charge in [-0.3, -0.25) is 9.69 Å². The summed E-state index contributed by atoms with van der Waals surface area (Å²) in [5, 5.41) is 3.94. The van der Waals surface area contributed by atoms with Gasteiger partial charge in [0.05, 0.1) is 19.0 Å². The van der Waals surface area contributed by atoms with Crippen LogP contribution < -0.4 is 10.2 Å². The van der Waals surface area contributed by atoms with Crippen molar-refractivity contribution in [2.45, 2.75) is 18.5 Å². The molecule has 2 aliphatic heterocycles. The molecule has 0 aromatic carbocycles. The molecule has 1 amide bonds. The van der Waals surface area contributed by atoms with Crippen LogP contribution in [0.15, 0.2) is 11.2 Å². The molecule has 1 aromatic heterocycles. The van der Waals surface area contributed by atoms with E-state index >= 15 is 0 Å². The third-order valence-corrected chi connectivity index (χ3v) is 6.25. The molecule has 1 aromatic rings. The van der Waals surface area contributed by atoms with Crippen molar-refractivity contribution in [1.82, 2.24) is 25.1 Å². The Balaban J connectivity index is 1.39. The number of piperazine rings is 1. The average molecular weight is 443 g/mol. The minimum atomic E-state index is -0.00124. The van der Waals surface area contributed by atoms with Crippen molar-refractivity contribution in [1.29, 1.82) is 0 Å². The van der Waals surface area contributed by atoms with E-state index in [1.54, 1.807) is 6.07 Å². The number of carbonyl (C=O) groups excluding carboxylic acids is 1. The molecule has 2 fully saturated rings. The van der Waals surface area contributed by atoms with E-state index in [2.05, 4.69) is 36.9 Å². The van der Waals surface area contributed by atoms with Gasteiger partial charge in [0.25, 0.3) is 0 Å². The van der Waals surface area contributed by atoms with Crippen LogP contribution in [0.25, 0.3) is 0 Å². The molecule has 0 bridgehead atoms. The minimum Gasteiger partial charge on any atom is -0.379 e. The molecular weight excluding hydrogens is 412 g/mol. The fraction of sp³-hybridized carbons (Fsp3) is 0.737. The highest BCUT2D eigenvalue weighted by atomic mass is 35.5. The summed E-state index contributed by atoms with van der Waals surface area (Å²) in [5.74, 6) is 1.13. The molecule has 2 saturated heterocycles. The normalized spacial score (nSPS) is 18.8. The van der Waals surface area contributed by atoms with Crippen molar-refractivity contribution in [3.05, 3.63) is 11.2 Å². The summed E-state index contributed by atoms with van der Waals surface area (Å²) in [6.45, 7) is 12.4. The highest BCUT2D eigenvalue weighted by molar-refractivity contribution is 7.99. The zero-order chi connectivity index (χ0) is 20.5. The van der Waals surface area contributed by atoms with Gasteiger partial charge < -0.3 is 19.9 Å². The molecule has 3 rings (SSSR count). The van der Waals surface area contributed by atoms with Crippen molar-refractivity contribution < 1.29 is 9.53 Å². The second kappa shape index (κ2) is 11.9. The van der Waals surface area contributed by atoms with Gasteiger partial charge >= 0.3 is 0 Å². The van der Waals surface area contributed by atoms with E-state index in [1.807, 2.05) is 0 Å². The predicted molar refractivity (Wildman–Crippen MR) is 117 cm³/mol. The smallest absolute Gasteiger partial charge is 0.230 e. The first kappa shape index (κ1) is 22.6. The topological polar surface area (TPSA) is 73.8 Å². The molecule has 0 saturated carbocycles. The zero-order valence-electron chi connectivity index (χ0n) is 17.1. The number of carbonyl (C=O) groups is 1. The molecule has 0 aliphatic carbocycles. The molecule has 8 nitrogen and oxygen atoms in total. The second-order valence-electron chi connectivity index (χ2n) is 7.20. The Hall–Kier alpha value is -1.13. The maximum atomic E-state index is 12.1. The number of hydrogen-bond acceptors (Lipinski definition) is 8. The largest absolute Gasteiger partial charge is 0.379 e. The van der Waals surface area contributed by atoms with E-state index < -0.39 is 0 Å². The van der Waals surface area contributed by atoms with Gasteiger partial charge in [-0.2, -0.15) is 0 Å². The first-order valence-corrected chi connectivity index (χ1v) is 11.7. The summed E-state index contributed by atoms with van der Waals surface area (Å²) in [5.41, 5.74) is 0. The number of halogens is 1. The van der Waals surface area contributed by atoms with Gasteiger partial charge in [0.15, 0.2) is 5.16 Å². The summed E-state index contributed by atoms with van der Waals surface area (Å²) in [7, 11) is 0. The van der Waals surface area contributed by atoms with Crippen LogP contribution in [0.1, 0.15) is 13.3 Å². The van der Waals surface area contributed by atoms with Crippen LogP contribution in [-0.2, 0) is 9.53 Å². The SMILES string of the molecule is CCN1CCN(c2cc(Cl)nc(SCC(=O)NCCCN3CCOCC3)n2)CC1. The van der Waals surface area contributed by atoms with E-state index in [4.69, 9.17) is 16.3 Å². The van der Waals surface area contributed by atoms with Crippen molar-refractivity contribution >= 4 is 35.1 Å². The second-order valence-corrected chi connectivity index (χ2v) is 8.53. The lowest BCUT2D eigenvalue weighted by Crippen LogP contribution is -2.46. The van der Waals surface area contributed by atoms with Gasteiger partial charge in [0.2, 0.25) is 5.91 Å². The molecule has 0 radical (unpaired) electrons. The number of amides is 1. The summed E-state index contributed by atoms with van der Waals surface area (Å²) in [6, 6.07) is 1.80. The molecule has 3 heterocycles. The Labute approximate surface area is 182 Å². The van der Waals surface area contributed by atoms with Gasteiger partial charge in [-0.1, -0.05) is 30.3 Å². The number of thioether (sulfide) groups is 1. The van der Waals surface area contributed by atoms with E-state index in [-0.39, 0.29) is 5.91 Å². The highest BCUT2D eigenvalue weighted by Gasteiger charge is 2.18. The van der Waals surface area contributed by atoms with E-state index in [1.165, 1.54) is 11.8 Å². The third-order valence-electron chi connectivity index (χ3n) is 5.21. The summed E-state index contributed by atoms with van der Waals surface area (Å²) in [4.78, 5) is 28.0. The maximum absolute atomic E-state index is 12.1. The molecule has 2 aliphatic rings. The maximum Gasteiger partial charge on any atom is 0.230 e. The Bertz CT molecular complexity index is 654. The summed E-state index contributed by atoms with van der Waals surface area (Å²) < 4.78 is 5.34. The van der Waals surface area contributed by atoms with E-state index in [0.717, 1.165) is 77.8 Å². The monoisotopic (exact) mass is 442 g/mol. The average Bonchev–Trinajstić information content (AvgIpc) is 2.76. The van der Waals surface area contributed by atoms with Crippen LogP contribution in [0.5, 0.6) is 0 Å². The number of hydrogen-bond donors (Lipinski definition) is 1. The van der Waals surface area contributed by atoms with Crippen molar-refractivity contribution in [2.24, 2.45) is 0 Å². The number of rotatable bonds is 9. The molecule has 29 heavy (non-hydrogen) atoms. The zero-order valence-corrected chi connectivity index (χ0v) is 18.7. The molecular formula is C19H31ClN6O2S. The van der Waals surface area contributed by atoms with Gasteiger partial charge in [0, 0.05) is 51.9 Å². The number of nitrogens with one attached hydrogen (secondary N) is 1. The Kier molecular flexibility index (Phi) is 9.26. The van der Waals surface area contributed by atoms with Gasteiger partial charge in [-0.15, -0.1) is 0 Å². The van der Waals surface area contributed by atoms with Crippen LogP contribution in [0.3, 0.4) is 0 Å². The lowest BCUT2D eigenvalue weighted by atomic mass is 10.3. The van der Waals surface area contributed by atoms with Crippen molar-refractivity contribution in [2.75, 3.05) is 82.8 Å². The number of ether oxygens (including phenoxy) is 1. The Morgan fingerprint density at radius 3 is 2.66 bits per heavy atom. The molecule has 1 N–H and O–H groups in total. The molecule has 162 valence electrons. The van der Waals surface area contributed by atoms with E-state index in [0.29, 0.717) is 22.6 Å². The van der Waals surface area contributed by atoms with E-state index in [9.17, 15) is 4.79 Å². The van der Waals surface area contributed by atoms with Crippen LogP contribution in [0, 0.1) is 0 Å². The fourth-order valence-electron chi connectivity index (χ4n) is 3.44. The molecule has 0 spiro atoms. The number of aromatic nitrogens is 2. The van der Waals surface area contributed by atoms with Crippen LogP contribution in [-0.4, -0.2) is 104 Å². The summed E-state index contributed by atoms with van der Waals surface area (Å²) in [6.07, 6.45) is 0.942. The number of nitrogens with zero attached hydrogens (tertiary/aromatic N) is 5. The Morgan fingerprint density at radius 2 is 1.93 bits per heavy atom. The number of morpholine rings is 1. The summed E-state index contributed by atoms with van der Waals surface area (Å²) >= 11 is 7.53. The molecule has 0 unspecified atom stereocenters. The predicted octanol–water partition coefficient (Wildman–Crippen LogP) is 1.20. The first-order chi connectivity index (χ1) is 14.1. The standard InChI is InChI=1S/C19H31ClN6O2S/c1-2-24-6-8-26(9-7-24)17-14-16(20)22-19(23-17)29-15-18(27)21-4-3-5-25-10-12-28-13-11-25/h14H,2-13,15H2,1H3,(H,21,27). The number of anilines is 1. The lowest BCUT2D eigenvalue weighted by molar-refractivity contribution is -0.118. The van der Waals surface area contributed by atoms with Crippen LogP contribution >= 0.6 is 23.4 Å². The van der Waals surface area contributed by atoms with Gasteiger partial charge in [0.1, 0.15) is 11.0 Å². The quantitative estimate of drug-likeness (QED) is 0.265. The van der Waals surface area contributed by atoms with Crippen molar-refractivity contribution in [3.63, 3.8) is 0 Å². The first-order valence-electron chi connectivity index (χ1n) is 10.4. The molecule has 10 heteroatoms. The lowest BCUT2D eigenvalue weighted by Gasteiger charge is -2.34. The van der Waals surface area contributed by atoms with Crippen LogP contribution in [0.4, 0.5) is 5.82 Å².